The van der Waals surface area contributed by atoms with E-state index in [2.05, 4.69) is 5.10 Å². The van der Waals surface area contributed by atoms with E-state index in [1.165, 1.54) is 18.2 Å². The maximum atomic E-state index is 13.1. The van der Waals surface area contributed by atoms with Gasteiger partial charge in [0.15, 0.2) is 0 Å². The Hall–Kier alpha value is -2.12. The van der Waals surface area contributed by atoms with Gasteiger partial charge >= 0.3 is 6.18 Å². The fourth-order valence-electron chi connectivity index (χ4n) is 2.07. The van der Waals surface area contributed by atoms with Gasteiger partial charge in [-0.25, -0.2) is 0 Å². The van der Waals surface area contributed by atoms with Crippen molar-refractivity contribution in [2.24, 2.45) is 0 Å². The smallest absolute Gasteiger partial charge is 0.409 e. The zero-order valence-electron chi connectivity index (χ0n) is 11.3. The molecule has 0 spiro atoms. The monoisotopic (exact) mass is 356 g/mol. The topological polar surface area (TPSA) is 31.0 Å². The fraction of sp³-hybridized carbons (Fsp3) is 0.0667. The molecule has 0 radical (unpaired) electrons. The summed E-state index contributed by atoms with van der Waals surface area (Å²) in [6.45, 7) is 0. The molecule has 0 atom stereocenters. The van der Waals surface area contributed by atoms with Gasteiger partial charge in [0.2, 0.25) is 5.89 Å². The zero-order chi connectivity index (χ0) is 16.6. The third-order valence-corrected chi connectivity index (χ3v) is 3.68. The van der Waals surface area contributed by atoms with Crippen molar-refractivity contribution in [3.8, 4) is 17.1 Å². The summed E-state index contributed by atoms with van der Waals surface area (Å²) in [6, 6.07) is 11.7. The Morgan fingerprint density at radius 1 is 1.04 bits per heavy atom. The lowest BCUT2D eigenvalue weighted by molar-refractivity contribution is -0.137. The van der Waals surface area contributed by atoms with Crippen LogP contribution in [0.1, 0.15) is 5.56 Å². The third-order valence-electron chi connectivity index (χ3n) is 3.09. The van der Waals surface area contributed by atoms with Gasteiger partial charge in [0.25, 0.3) is 4.84 Å². The van der Waals surface area contributed by atoms with Gasteiger partial charge in [0.1, 0.15) is 0 Å². The lowest BCUT2D eigenvalue weighted by Gasteiger charge is -2.11. The number of halogens is 4. The molecule has 0 bridgehead atoms. The van der Waals surface area contributed by atoms with E-state index >= 15 is 0 Å². The average molecular weight is 357 g/mol. The molecule has 1 heterocycles. The van der Waals surface area contributed by atoms with Crippen LogP contribution in [-0.4, -0.2) is 9.78 Å². The summed E-state index contributed by atoms with van der Waals surface area (Å²) in [4.78, 5) is -0.198. The van der Waals surface area contributed by atoms with Crippen molar-refractivity contribution in [1.82, 2.24) is 9.78 Å². The van der Waals surface area contributed by atoms with Crippen LogP contribution in [0.3, 0.4) is 0 Å². The molecule has 0 unspecified atom stereocenters. The number of rotatable bonds is 2. The molecule has 0 aliphatic carbocycles. The molecule has 1 aromatic heterocycles. The van der Waals surface area contributed by atoms with Gasteiger partial charge in [-0.3, -0.25) is 0 Å². The van der Waals surface area contributed by atoms with E-state index in [9.17, 15) is 13.2 Å². The minimum absolute atomic E-state index is 0.0533. The highest BCUT2D eigenvalue weighted by atomic mass is 35.5. The molecule has 0 saturated heterocycles. The predicted molar refractivity (Wildman–Crippen MR) is 82.1 cm³/mol. The number of para-hydroxylation sites is 1. The van der Waals surface area contributed by atoms with E-state index in [1.807, 2.05) is 0 Å². The Labute approximate surface area is 138 Å². The maximum Gasteiger partial charge on any atom is 0.418 e. The number of nitrogens with zero attached hydrogens (tertiary/aromatic N) is 2. The molecule has 3 rings (SSSR count). The first-order valence-electron chi connectivity index (χ1n) is 6.39. The Kier molecular flexibility index (Phi) is 3.99. The highest BCUT2D eigenvalue weighted by Crippen LogP contribution is 2.34. The average Bonchev–Trinajstić information content (AvgIpc) is 2.88. The van der Waals surface area contributed by atoms with Crippen LogP contribution in [-0.2, 0) is 6.18 Å². The number of hydrogen-bond donors (Lipinski definition) is 0. The molecule has 0 N–H and O–H groups in total. The molecule has 0 fully saturated rings. The molecule has 0 aliphatic rings. The standard InChI is InChI=1S/C15H8ClF3N2OS/c16-11-7-3-1-5-9(11)13-20-21(14(23)22-13)12-8-4-2-6-10(12)15(17,18)19/h1-8H. The van der Waals surface area contributed by atoms with Crippen LogP contribution in [0.2, 0.25) is 5.02 Å². The van der Waals surface area contributed by atoms with Crippen LogP contribution in [0.25, 0.3) is 17.1 Å². The summed E-state index contributed by atoms with van der Waals surface area (Å²) in [5, 5.41) is 4.41. The lowest BCUT2D eigenvalue weighted by Crippen LogP contribution is -2.11. The first-order chi connectivity index (χ1) is 10.9. The predicted octanol–water partition coefficient (Wildman–Crippen LogP) is 5.53. The van der Waals surface area contributed by atoms with Crippen molar-refractivity contribution in [3.63, 3.8) is 0 Å². The molecule has 118 valence electrons. The summed E-state index contributed by atoms with van der Waals surface area (Å²) in [7, 11) is 0. The van der Waals surface area contributed by atoms with Crippen LogP contribution >= 0.6 is 23.8 Å². The highest BCUT2D eigenvalue weighted by Gasteiger charge is 2.34. The van der Waals surface area contributed by atoms with E-state index in [1.54, 1.807) is 24.3 Å². The largest absolute Gasteiger partial charge is 0.418 e. The summed E-state index contributed by atoms with van der Waals surface area (Å²) in [5.41, 5.74) is -0.606. The summed E-state index contributed by atoms with van der Waals surface area (Å²) >= 11 is 11.1. The molecule has 0 aliphatic heterocycles. The maximum absolute atomic E-state index is 13.1. The second-order valence-electron chi connectivity index (χ2n) is 4.58. The number of hydrogen-bond acceptors (Lipinski definition) is 3. The lowest BCUT2D eigenvalue weighted by atomic mass is 10.2. The Morgan fingerprint density at radius 2 is 1.70 bits per heavy atom. The van der Waals surface area contributed by atoms with Crippen LogP contribution in [0, 0.1) is 4.84 Å². The molecular formula is C15H8ClF3N2OS. The molecular weight excluding hydrogens is 349 g/mol. The molecule has 8 heteroatoms. The van der Waals surface area contributed by atoms with Gasteiger partial charge in [-0.15, -0.1) is 5.10 Å². The van der Waals surface area contributed by atoms with Gasteiger partial charge in [0.05, 0.1) is 21.8 Å². The second kappa shape index (κ2) is 5.82. The normalized spacial score (nSPS) is 11.7. The molecule has 3 nitrogen and oxygen atoms in total. The van der Waals surface area contributed by atoms with Gasteiger partial charge < -0.3 is 4.42 Å². The van der Waals surface area contributed by atoms with Crippen molar-refractivity contribution in [3.05, 3.63) is 64.0 Å². The van der Waals surface area contributed by atoms with Gasteiger partial charge in [-0.2, -0.15) is 17.9 Å². The summed E-state index contributed by atoms with van der Waals surface area (Å²) < 4.78 is 45.7. The van der Waals surface area contributed by atoms with E-state index in [-0.39, 0.29) is 16.4 Å². The van der Waals surface area contributed by atoms with E-state index in [4.69, 9.17) is 28.2 Å². The molecule has 23 heavy (non-hydrogen) atoms. The SMILES string of the molecule is FC(F)(F)c1ccccc1-n1nc(-c2ccccc2Cl)oc1=S. The van der Waals surface area contributed by atoms with Crippen LogP contribution in [0.15, 0.2) is 52.9 Å². The van der Waals surface area contributed by atoms with Crippen LogP contribution < -0.4 is 0 Å². The highest BCUT2D eigenvalue weighted by molar-refractivity contribution is 7.71. The minimum atomic E-state index is -4.53. The third kappa shape index (κ3) is 3.02. The Morgan fingerprint density at radius 3 is 2.39 bits per heavy atom. The van der Waals surface area contributed by atoms with E-state index < -0.39 is 11.7 Å². The fourth-order valence-corrected chi connectivity index (χ4v) is 2.51. The van der Waals surface area contributed by atoms with E-state index in [0.29, 0.717) is 10.6 Å². The summed E-state index contributed by atoms with van der Waals surface area (Å²) in [5.74, 6) is 0.0533. The second-order valence-corrected chi connectivity index (χ2v) is 5.34. The number of benzene rings is 2. The van der Waals surface area contributed by atoms with E-state index in [0.717, 1.165) is 10.7 Å². The van der Waals surface area contributed by atoms with Crippen LogP contribution in [0.5, 0.6) is 0 Å². The number of alkyl halides is 3. The van der Waals surface area contributed by atoms with Crippen molar-refractivity contribution < 1.29 is 17.6 Å². The molecule has 0 saturated carbocycles. The van der Waals surface area contributed by atoms with Gasteiger partial charge in [-0.1, -0.05) is 35.9 Å². The first-order valence-corrected chi connectivity index (χ1v) is 7.18. The van der Waals surface area contributed by atoms with Crippen molar-refractivity contribution >= 4 is 23.8 Å². The quantitative estimate of drug-likeness (QED) is 0.565. The zero-order valence-corrected chi connectivity index (χ0v) is 12.9. The van der Waals surface area contributed by atoms with Crippen molar-refractivity contribution in [2.75, 3.05) is 0 Å². The summed E-state index contributed by atoms with van der Waals surface area (Å²) in [6.07, 6.45) is -4.53. The molecule has 0 amide bonds. The number of aromatic nitrogens is 2. The van der Waals surface area contributed by atoms with Gasteiger partial charge in [-0.05, 0) is 36.5 Å². The molecule has 3 aromatic rings. The van der Waals surface area contributed by atoms with Crippen LogP contribution in [0.4, 0.5) is 13.2 Å². The minimum Gasteiger partial charge on any atom is -0.409 e. The Bertz CT molecular complexity index is 917. The van der Waals surface area contributed by atoms with Crippen molar-refractivity contribution in [1.29, 1.82) is 0 Å². The Balaban J connectivity index is 2.18. The molecule has 2 aromatic carbocycles. The van der Waals surface area contributed by atoms with Gasteiger partial charge in [0, 0.05) is 0 Å². The first kappa shape index (κ1) is 15.8. The van der Waals surface area contributed by atoms with Crippen molar-refractivity contribution in [2.45, 2.75) is 6.18 Å².